The minimum absolute atomic E-state index is 0.559. The van der Waals surface area contributed by atoms with Gasteiger partial charge < -0.3 is 15.0 Å². The van der Waals surface area contributed by atoms with E-state index < -0.39 is 0 Å². The second-order valence-electron chi connectivity index (χ2n) is 5.89. The summed E-state index contributed by atoms with van der Waals surface area (Å²) in [5, 5.41) is 3.70. The van der Waals surface area contributed by atoms with Gasteiger partial charge in [0.25, 0.3) is 0 Å². The van der Waals surface area contributed by atoms with E-state index in [0.717, 1.165) is 6.54 Å². The first kappa shape index (κ1) is 14.4. The van der Waals surface area contributed by atoms with Gasteiger partial charge in [0.05, 0.1) is 6.61 Å². The van der Waals surface area contributed by atoms with E-state index in [0.29, 0.717) is 24.6 Å². The maximum absolute atomic E-state index is 5.19. The molecule has 1 fully saturated rings. The van der Waals surface area contributed by atoms with Gasteiger partial charge in [-0.3, -0.25) is 0 Å². The van der Waals surface area contributed by atoms with Crippen LogP contribution in [0.2, 0.25) is 0 Å². The molecule has 1 aromatic rings. The number of ether oxygens (including phenoxy) is 1. The Labute approximate surface area is 116 Å². The quantitative estimate of drug-likeness (QED) is 0.903. The molecule has 0 aromatic heterocycles. The highest BCUT2D eigenvalue weighted by molar-refractivity contribution is 5.46. The average Bonchev–Trinajstić information content (AvgIpc) is 2.37. The molecule has 3 unspecified atom stereocenters. The molecule has 2 rings (SSSR count). The fourth-order valence-corrected chi connectivity index (χ4v) is 2.87. The molecule has 1 aliphatic heterocycles. The zero-order valence-corrected chi connectivity index (χ0v) is 12.5. The van der Waals surface area contributed by atoms with Crippen molar-refractivity contribution in [1.29, 1.82) is 0 Å². The van der Waals surface area contributed by atoms with Gasteiger partial charge in [-0.2, -0.15) is 0 Å². The number of anilines is 1. The molecule has 19 heavy (non-hydrogen) atoms. The molecule has 1 saturated heterocycles. The van der Waals surface area contributed by atoms with Gasteiger partial charge in [0.2, 0.25) is 0 Å². The van der Waals surface area contributed by atoms with Crippen molar-refractivity contribution in [2.24, 2.45) is 5.92 Å². The summed E-state index contributed by atoms with van der Waals surface area (Å²) in [7, 11) is 3.96. The van der Waals surface area contributed by atoms with Crippen molar-refractivity contribution in [3.05, 3.63) is 29.8 Å². The molecule has 1 N–H and O–H groups in total. The van der Waals surface area contributed by atoms with Crippen LogP contribution < -0.4 is 5.32 Å². The molecule has 0 spiro atoms. The molecule has 3 atom stereocenters. The average molecular weight is 262 g/mol. The van der Waals surface area contributed by atoms with Crippen LogP contribution in [-0.4, -0.2) is 37.7 Å². The number of hydrogen-bond acceptors (Lipinski definition) is 3. The summed E-state index contributed by atoms with van der Waals surface area (Å²) in [5.74, 6) is 0.673. The van der Waals surface area contributed by atoms with Gasteiger partial charge in [0.15, 0.2) is 0 Å². The first-order valence-corrected chi connectivity index (χ1v) is 7.14. The molecule has 0 bridgehead atoms. The maximum atomic E-state index is 5.19. The Kier molecular flexibility index (Phi) is 4.83. The zero-order chi connectivity index (χ0) is 13.8. The highest BCUT2D eigenvalue weighted by Gasteiger charge is 2.28. The predicted molar refractivity (Wildman–Crippen MR) is 80.4 cm³/mol. The molecule has 0 radical (unpaired) electrons. The lowest BCUT2D eigenvalue weighted by Crippen LogP contribution is -2.48. The maximum Gasteiger partial charge on any atom is 0.0713 e. The molecule has 3 nitrogen and oxygen atoms in total. The molecular weight excluding hydrogens is 236 g/mol. The van der Waals surface area contributed by atoms with Crippen molar-refractivity contribution in [2.45, 2.75) is 39.0 Å². The highest BCUT2D eigenvalue weighted by atomic mass is 16.5. The number of benzene rings is 1. The van der Waals surface area contributed by atoms with Gasteiger partial charge in [-0.25, -0.2) is 0 Å². The zero-order valence-electron chi connectivity index (χ0n) is 12.5. The van der Waals surface area contributed by atoms with Crippen LogP contribution in [0.1, 0.15) is 25.8 Å². The van der Waals surface area contributed by atoms with Gasteiger partial charge >= 0.3 is 0 Å². The van der Waals surface area contributed by atoms with Crippen LogP contribution in [-0.2, 0) is 11.3 Å². The Morgan fingerprint density at radius 2 is 2.16 bits per heavy atom. The molecule has 0 saturated carbocycles. The lowest BCUT2D eigenvalue weighted by atomic mass is 9.89. The van der Waals surface area contributed by atoms with E-state index in [4.69, 9.17) is 4.74 Å². The SMILES string of the molecule is COCc1cccc(NC2CC(C)N(C)CC2C)c1. The normalized spacial score (nSPS) is 28.3. The lowest BCUT2D eigenvalue weighted by Gasteiger charge is -2.40. The van der Waals surface area contributed by atoms with E-state index in [1.807, 2.05) is 0 Å². The number of hydrogen-bond donors (Lipinski definition) is 1. The summed E-state index contributed by atoms with van der Waals surface area (Å²) in [6.45, 7) is 6.48. The number of nitrogens with zero attached hydrogens (tertiary/aromatic N) is 1. The molecule has 3 heteroatoms. The summed E-state index contributed by atoms with van der Waals surface area (Å²) in [6, 6.07) is 9.75. The van der Waals surface area contributed by atoms with Crippen molar-refractivity contribution >= 4 is 5.69 Å². The summed E-state index contributed by atoms with van der Waals surface area (Å²) in [6.07, 6.45) is 1.20. The molecule has 1 heterocycles. The second-order valence-corrected chi connectivity index (χ2v) is 5.89. The standard InChI is InChI=1S/C16H26N2O/c1-12-10-18(3)13(2)8-16(12)17-15-7-5-6-14(9-15)11-19-4/h5-7,9,12-13,16-17H,8,10-11H2,1-4H3. The van der Waals surface area contributed by atoms with Crippen molar-refractivity contribution < 1.29 is 4.74 Å². The van der Waals surface area contributed by atoms with Crippen LogP contribution in [0.3, 0.4) is 0 Å². The first-order valence-electron chi connectivity index (χ1n) is 7.14. The van der Waals surface area contributed by atoms with Gasteiger partial charge in [-0.1, -0.05) is 19.1 Å². The number of nitrogens with one attached hydrogen (secondary N) is 1. The fraction of sp³-hybridized carbons (Fsp3) is 0.625. The third kappa shape index (κ3) is 3.71. The van der Waals surface area contributed by atoms with E-state index in [2.05, 4.69) is 55.4 Å². The van der Waals surface area contributed by atoms with Crippen LogP contribution >= 0.6 is 0 Å². The van der Waals surface area contributed by atoms with E-state index in [1.165, 1.54) is 17.7 Å². The van der Waals surface area contributed by atoms with Crippen molar-refractivity contribution in [3.8, 4) is 0 Å². The molecule has 1 aromatic carbocycles. The molecule has 106 valence electrons. The van der Waals surface area contributed by atoms with Crippen LogP contribution in [0, 0.1) is 5.92 Å². The molecule has 1 aliphatic rings. The summed E-state index contributed by atoms with van der Waals surface area (Å²) >= 11 is 0. The smallest absolute Gasteiger partial charge is 0.0713 e. The molecule has 0 amide bonds. The van der Waals surface area contributed by atoms with E-state index in [9.17, 15) is 0 Å². The van der Waals surface area contributed by atoms with Gasteiger partial charge in [0, 0.05) is 31.4 Å². The minimum Gasteiger partial charge on any atom is -0.382 e. The largest absolute Gasteiger partial charge is 0.382 e. The fourth-order valence-electron chi connectivity index (χ4n) is 2.87. The Balaban J connectivity index is 2.02. The van der Waals surface area contributed by atoms with E-state index in [-0.39, 0.29) is 0 Å². The summed E-state index contributed by atoms with van der Waals surface area (Å²) in [4.78, 5) is 2.45. The van der Waals surface area contributed by atoms with Crippen molar-refractivity contribution in [1.82, 2.24) is 4.90 Å². The second kappa shape index (κ2) is 6.40. The number of likely N-dealkylation sites (tertiary alicyclic amines) is 1. The topological polar surface area (TPSA) is 24.5 Å². The van der Waals surface area contributed by atoms with Gasteiger partial charge in [-0.05, 0) is 44.0 Å². The third-order valence-electron chi connectivity index (χ3n) is 4.20. The lowest BCUT2D eigenvalue weighted by molar-refractivity contribution is 0.145. The monoisotopic (exact) mass is 262 g/mol. The van der Waals surface area contributed by atoms with E-state index >= 15 is 0 Å². The first-order chi connectivity index (χ1) is 9.10. The van der Waals surface area contributed by atoms with Crippen LogP contribution in [0.25, 0.3) is 0 Å². The Hall–Kier alpha value is -1.06. The summed E-state index contributed by atoms with van der Waals surface area (Å²) in [5.41, 5.74) is 2.43. The predicted octanol–water partition coefficient (Wildman–Crippen LogP) is 2.97. The number of piperidine rings is 1. The van der Waals surface area contributed by atoms with Crippen molar-refractivity contribution in [3.63, 3.8) is 0 Å². The number of rotatable bonds is 4. The highest BCUT2D eigenvalue weighted by Crippen LogP contribution is 2.24. The van der Waals surface area contributed by atoms with Crippen LogP contribution in [0.15, 0.2) is 24.3 Å². The Morgan fingerprint density at radius 3 is 2.89 bits per heavy atom. The molecule has 0 aliphatic carbocycles. The van der Waals surface area contributed by atoms with Gasteiger partial charge in [0.1, 0.15) is 0 Å². The Morgan fingerprint density at radius 1 is 1.37 bits per heavy atom. The van der Waals surface area contributed by atoms with Crippen LogP contribution in [0.4, 0.5) is 5.69 Å². The summed E-state index contributed by atoms with van der Waals surface area (Å²) < 4.78 is 5.19. The minimum atomic E-state index is 0.559. The third-order valence-corrected chi connectivity index (χ3v) is 4.20. The van der Waals surface area contributed by atoms with Crippen molar-refractivity contribution in [2.75, 3.05) is 26.0 Å². The van der Waals surface area contributed by atoms with Gasteiger partial charge in [-0.15, -0.1) is 0 Å². The number of methoxy groups -OCH3 is 1. The molecular formula is C16H26N2O. The Bertz CT molecular complexity index is 407. The van der Waals surface area contributed by atoms with E-state index in [1.54, 1.807) is 7.11 Å². The van der Waals surface area contributed by atoms with Crippen LogP contribution in [0.5, 0.6) is 0 Å².